The minimum Gasteiger partial charge on any atom is -0.507 e. The van der Waals surface area contributed by atoms with Crippen LogP contribution in [0.4, 0.5) is 5.69 Å². The molecule has 0 aliphatic rings. The summed E-state index contributed by atoms with van der Waals surface area (Å²) < 4.78 is 5.87. The van der Waals surface area contributed by atoms with Gasteiger partial charge < -0.3 is 15.2 Å². The summed E-state index contributed by atoms with van der Waals surface area (Å²) in [6, 6.07) is 10.8. The van der Waals surface area contributed by atoms with Gasteiger partial charge in [-0.2, -0.15) is 0 Å². The second-order valence-electron chi connectivity index (χ2n) is 3.98. The van der Waals surface area contributed by atoms with Crippen molar-refractivity contribution >= 4 is 33.2 Å². The maximum atomic E-state index is 9.85. The quantitative estimate of drug-likeness (QED) is 0.863. The Morgan fingerprint density at radius 2 is 2.05 bits per heavy atom. The van der Waals surface area contributed by atoms with Gasteiger partial charge >= 0.3 is 0 Å². The molecule has 0 heterocycles. The van der Waals surface area contributed by atoms with E-state index in [4.69, 9.17) is 16.3 Å². The molecule has 0 saturated heterocycles. The predicted molar refractivity (Wildman–Crippen MR) is 81.1 cm³/mol. The summed E-state index contributed by atoms with van der Waals surface area (Å²) in [6.45, 7) is 0.518. The van der Waals surface area contributed by atoms with E-state index >= 15 is 0 Å². The van der Waals surface area contributed by atoms with Gasteiger partial charge in [0.2, 0.25) is 0 Å². The zero-order valence-electron chi connectivity index (χ0n) is 10.3. The van der Waals surface area contributed by atoms with Crippen molar-refractivity contribution in [2.75, 3.05) is 12.4 Å². The summed E-state index contributed by atoms with van der Waals surface area (Å²) in [7, 11) is 1.57. The Labute approximate surface area is 125 Å². The minimum absolute atomic E-state index is 0.208. The van der Waals surface area contributed by atoms with E-state index in [-0.39, 0.29) is 5.75 Å². The van der Waals surface area contributed by atoms with E-state index in [2.05, 4.69) is 21.2 Å². The highest BCUT2D eigenvalue weighted by atomic mass is 79.9. The summed E-state index contributed by atoms with van der Waals surface area (Å²) in [6.07, 6.45) is 0. The van der Waals surface area contributed by atoms with Crippen LogP contribution in [0.5, 0.6) is 11.5 Å². The maximum Gasteiger partial charge on any atom is 0.124 e. The van der Waals surface area contributed by atoms with Crippen LogP contribution in [0.25, 0.3) is 0 Å². The van der Waals surface area contributed by atoms with Gasteiger partial charge in [-0.3, -0.25) is 0 Å². The van der Waals surface area contributed by atoms with E-state index in [1.54, 1.807) is 13.2 Å². The SMILES string of the molecule is COc1ccc(CNc2ccc(Cl)c(Br)c2)c(O)c1. The number of benzene rings is 2. The lowest BCUT2D eigenvalue weighted by atomic mass is 10.2. The standard InChI is InChI=1S/C14H13BrClNO2/c1-19-11-4-2-9(14(18)7-11)8-17-10-3-5-13(16)12(15)6-10/h2-7,17-18H,8H2,1H3. The first kappa shape index (κ1) is 14.0. The molecule has 2 aromatic carbocycles. The Bertz CT molecular complexity index is 590. The number of hydrogen-bond donors (Lipinski definition) is 2. The molecule has 3 nitrogen and oxygen atoms in total. The van der Waals surface area contributed by atoms with Gasteiger partial charge in [-0.15, -0.1) is 0 Å². The lowest BCUT2D eigenvalue weighted by molar-refractivity contribution is 0.406. The van der Waals surface area contributed by atoms with Gasteiger partial charge in [0, 0.05) is 28.3 Å². The monoisotopic (exact) mass is 341 g/mol. The van der Waals surface area contributed by atoms with E-state index in [0.29, 0.717) is 17.3 Å². The topological polar surface area (TPSA) is 41.5 Å². The maximum absolute atomic E-state index is 9.85. The van der Waals surface area contributed by atoms with Gasteiger partial charge in [0.25, 0.3) is 0 Å². The van der Waals surface area contributed by atoms with E-state index in [9.17, 15) is 5.11 Å². The van der Waals surface area contributed by atoms with Crippen LogP contribution >= 0.6 is 27.5 Å². The fourth-order valence-corrected chi connectivity index (χ4v) is 2.12. The van der Waals surface area contributed by atoms with Crippen molar-refractivity contribution < 1.29 is 9.84 Å². The van der Waals surface area contributed by atoms with Crippen LogP contribution in [0.1, 0.15) is 5.56 Å². The number of halogens is 2. The number of phenolic OH excluding ortho intramolecular Hbond substituents is 1. The molecule has 0 atom stereocenters. The number of anilines is 1. The second kappa shape index (κ2) is 6.17. The van der Waals surface area contributed by atoms with Gasteiger partial charge in [0.1, 0.15) is 11.5 Å². The molecule has 2 aromatic rings. The van der Waals surface area contributed by atoms with Crippen LogP contribution in [0.15, 0.2) is 40.9 Å². The third-order valence-electron chi connectivity index (χ3n) is 2.70. The molecule has 0 aromatic heterocycles. The highest BCUT2D eigenvalue weighted by Gasteiger charge is 2.04. The summed E-state index contributed by atoms with van der Waals surface area (Å²) in [4.78, 5) is 0. The molecule has 19 heavy (non-hydrogen) atoms. The third-order valence-corrected chi connectivity index (χ3v) is 3.91. The number of methoxy groups -OCH3 is 1. The molecule has 2 rings (SSSR count). The van der Waals surface area contributed by atoms with Crippen LogP contribution in [-0.4, -0.2) is 12.2 Å². The fourth-order valence-electron chi connectivity index (χ4n) is 1.62. The van der Waals surface area contributed by atoms with Crippen LogP contribution in [0.2, 0.25) is 5.02 Å². The molecule has 0 radical (unpaired) electrons. The average Bonchev–Trinajstić information content (AvgIpc) is 2.41. The highest BCUT2D eigenvalue weighted by molar-refractivity contribution is 9.10. The summed E-state index contributed by atoms with van der Waals surface area (Å²) >= 11 is 9.30. The average molecular weight is 343 g/mol. The first-order valence-electron chi connectivity index (χ1n) is 5.65. The van der Waals surface area contributed by atoms with E-state index in [0.717, 1.165) is 15.7 Å². The first-order valence-corrected chi connectivity index (χ1v) is 6.82. The molecule has 0 unspecified atom stereocenters. The lowest BCUT2D eigenvalue weighted by Crippen LogP contribution is -1.99. The van der Waals surface area contributed by atoms with Gasteiger partial charge in [-0.1, -0.05) is 11.6 Å². The lowest BCUT2D eigenvalue weighted by Gasteiger charge is -2.10. The van der Waals surface area contributed by atoms with E-state index < -0.39 is 0 Å². The van der Waals surface area contributed by atoms with Crippen LogP contribution in [-0.2, 0) is 6.54 Å². The number of rotatable bonds is 4. The van der Waals surface area contributed by atoms with Crippen molar-refractivity contribution in [1.82, 2.24) is 0 Å². The Balaban J connectivity index is 2.07. The molecule has 2 N–H and O–H groups in total. The number of aromatic hydroxyl groups is 1. The van der Waals surface area contributed by atoms with Gasteiger partial charge in [-0.25, -0.2) is 0 Å². The Kier molecular flexibility index (Phi) is 4.56. The van der Waals surface area contributed by atoms with E-state index in [1.807, 2.05) is 30.3 Å². The predicted octanol–water partition coefficient (Wildman–Crippen LogP) is 4.43. The summed E-state index contributed by atoms with van der Waals surface area (Å²) in [5.74, 6) is 0.843. The molecule has 100 valence electrons. The summed E-state index contributed by atoms with van der Waals surface area (Å²) in [5.41, 5.74) is 1.72. The van der Waals surface area contributed by atoms with Gasteiger partial charge in [0.15, 0.2) is 0 Å². The number of phenols is 1. The van der Waals surface area contributed by atoms with E-state index in [1.165, 1.54) is 0 Å². The number of nitrogens with one attached hydrogen (secondary N) is 1. The molecule has 0 aliphatic heterocycles. The van der Waals surface area contributed by atoms with Crippen molar-refractivity contribution in [2.45, 2.75) is 6.54 Å². The van der Waals surface area contributed by atoms with Gasteiger partial charge in [-0.05, 0) is 46.3 Å². The highest BCUT2D eigenvalue weighted by Crippen LogP contribution is 2.27. The molecule has 0 aliphatic carbocycles. The van der Waals surface area contributed by atoms with Crippen molar-refractivity contribution in [2.24, 2.45) is 0 Å². The van der Waals surface area contributed by atoms with Crippen LogP contribution in [0, 0.1) is 0 Å². The van der Waals surface area contributed by atoms with Gasteiger partial charge in [0.05, 0.1) is 12.1 Å². The third kappa shape index (κ3) is 3.55. The molecule has 5 heteroatoms. The van der Waals surface area contributed by atoms with Crippen molar-refractivity contribution in [3.63, 3.8) is 0 Å². The molecule has 0 saturated carbocycles. The van der Waals surface area contributed by atoms with Crippen LogP contribution < -0.4 is 10.1 Å². The zero-order valence-corrected chi connectivity index (χ0v) is 12.6. The molecule has 0 amide bonds. The Morgan fingerprint density at radius 3 is 2.68 bits per heavy atom. The van der Waals surface area contributed by atoms with Crippen molar-refractivity contribution in [1.29, 1.82) is 0 Å². The van der Waals surface area contributed by atoms with Crippen molar-refractivity contribution in [3.05, 3.63) is 51.5 Å². The second-order valence-corrected chi connectivity index (χ2v) is 5.24. The Hall–Kier alpha value is -1.39. The molecular weight excluding hydrogens is 330 g/mol. The smallest absolute Gasteiger partial charge is 0.124 e. The van der Waals surface area contributed by atoms with Crippen LogP contribution in [0.3, 0.4) is 0 Å². The molecule has 0 fully saturated rings. The molecular formula is C14H13BrClNO2. The zero-order chi connectivity index (χ0) is 13.8. The number of ether oxygens (including phenoxy) is 1. The minimum atomic E-state index is 0.208. The normalized spacial score (nSPS) is 10.3. The van der Waals surface area contributed by atoms with Crippen molar-refractivity contribution in [3.8, 4) is 11.5 Å². The first-order chi connectivity index (χ1) is 9.10. The fraction of sp³-hybridized carbons (Fsp3) is 0.143. The number of hydrogen-bond acceptors (Lipinski definition) is 3. The summed E-state index contributed by atoms with van der Waals surface area (Å²) in [5, 5.41) is 13.7. The molecule has 0 bridgehead atoms. The largest absolute Gasteiger partial charge is 0.507 e. The Morgan fingerprint density at radius 1 is 1.26 bits per heavy atom. The molecule has 0 spiro atoms.